The third-order valence-electron chi connectivity index (χ3n) is 2.83. The van der Waals surface area contributed by atoms with Crippen LogP contribution < -0.4 is 16.2 Å². The number of amides is 1. The van der Waals surface area contributed by atoms with E-state index in [1.807, 2.05) is 18.4 Å². The number of para-hydroxylation sites is 1. The molecule has 0 aliphatic rings. The molecule has 0 aliphatic carbocycles. The third kappa shape index (κ3) is 2.94. The van der Waals surface area contributed by atoms with Crippen LogP contribution in [0.1, 0.15) is 26.9 Å². The Morgan fingerprint density at radius 2 is 2.11 bits per heavy atom. The summed E-state index contributed by atoms with van der Waals surface area (Å²) in [5.74, 6) is -0.0347. The van der Waals surface area contributed by atoms with Gasteiger partial charge in [-0.25, -0.2) is 0 Å². The molecule has 0 aliphatic heterocycles. The summed E-state index contributed by atoms with van der Waals surface area (Å²) in [6, 6.07) is 8.95. The molecule has 1 heterocycles. The molecule has 19 heavy (non-hydrogen) atoms. The molecule has 2 aromatic rings. The van der Waals surface area contributed by atoms with Gasteiger partial charge < -0.3 is 16.2 Å². The van der Waals surface area contributed by atoms with Gasteiger partial charge in [0.15, 0.2) is 0 Å². The van der Waals surface area contributed by atoms with E-state index in [2.05, 4.69) is 0 Å². The minimum absolute atomic E-state index is 0.263. The average Bonchev–Trinajstić information content (AvgIpc) is 2.82. The van der Waals surface area contributed by atoms with Crippen molar-refractivity contribution in [2.75, 3.05) is 6.54 Å². The topological polar surface area (TPSA) is 78.3 Å². The van der Waals surface area contributed by atoms with Gasteiger partial charge in [0.1, 0.15) is 11.9 Å². The van der Waals surface area contributed by atoms with Crippen LogP contribution in [-0.2, 0) is 0 Å². The van der Waals surface area contributed by atoms with Gasteiger partial charge in [-0.2, -0.15) is 0 Å². The third-order valence-corrected chi connectivity index (χ3v) is 3.94. The van der Waals surface area contributed by atoms with E-state index in [4.69, 9.17) is 16.2 Å². The lowest BCUT2D eigenvalue weighted by molar-refractivity contribution is 0.0993. The Morgan fingerprint density at radius 1 is 1.37 bits per heavy atom. The molecule has 0 radical (unpaired) electrons. The Labute approximate surface area is 116 Å². The monoisotopic (exact) mass is 276 g/mol. The lowest BCUT2D eigenvalue weighted by atomic mass is 10.1. The molecule has 1 atom stereocenters. The van der Waals surface area contributed by atoms with Crippen molar-refractivity contribution in [2.24, 2.45) is 11.5 Å². The van der Waals surface area contributed by atoms with E-state index in [0.717, 1.165) is 10.4 Å². The lowest BCUT2D eigenvalue weighted by Crippen LogP contribution is -2.20. The number of hydrogen-bond acceptors (Lipinski definition) is 4. The molecule has 2 rings (SSSR count). The molecule has 4 nitrogen and oxygen atoms in total. The molecule has 0 spiro atoms. The van der Waals surface area contributed by atoms with Gasteiger partial charge in [-0.05, 0) is 36.1 Å². The van der Waals surface area contributed by atoms with Gasteiger partial charge in [0.2, 0.25) is 0 Å². The minimum atomic E-state index is -0.505. The highest BCUT2D eigenvalue weighted by Crippen LogP contribution is 2.29. The van der Waals surface area contributed by atoms with Gasteiger partial charge in [-0.15, -0.1) is 11.3 Å². The van der Waals surface area contributed by atoms with Gasteiger partial charge in [0.25, 0.3) is 5.91 Å². The van der Waals surface area contributed by atoms with Gasteiger partial charge in [-0.3, -0.25) is 4.79 Å². The highest BCUT2D eigenvalue weighted by molar-refractivity contribution is 7.10. The first-order valence-corrected chi connectivity index (χ1v) is 6.81. The maximum absolute atomic E-state index is 11.4. The van der Waals surface area contributed by atoms with Crippen molar-refractivity contribution in [3.63, 3.8) is 0 Å². The second-order valence-corrected chi connectivity index (χ2v) is 5.12. The highest BCUT2D eigenvalue weighted by Gasteiger charge is 2.18. The Bertz CT molecular complexity index is 580. The molecule has 1 aromatic heterocycles. The van der Waals surface area contributed by atoms with E-state index < -0.39 is 5.91 Å². The number of carbonyl (C=O) groups excluding carboxylic acids is 1. The predicted molar refractivity (Wildman–Crippen MR) is 76.4 cm³/mol. The summed E-state index contributed by atoms with van der Waals surface area (Å²) in [4.78, 5) is 12.4. The van der Waals surface area contributed by atoms with Crippen LogP contribution in [0.5, 0.6) is 5.75 Å². The number of nitrogens with two attached hydrogens (primary N) is 2. The fourth-order valence-electron chi connectivity index (χ4n) is 1.85. The Morgan fingerprint density at radius 3 is 2.68 bits per heavy atom. The van der Waals surface area contributed by atoms with Crippen molar-refractivity contribution in [2.45, 2.75) is 13.0 Å². The van der Waals surface area contributed by atoms with Crippen LogP contribution in [0.25, 0.3) is 0 Å². The smallest absolute Gasteiger partial charge is 0.252 e. The molecule has 5 heteroatoms. The zero-order valence-electron chi connectivity index (χ0n) is 10.6. The molecule has 0 bridgehead atoms. The Balaban J connectivity index is 2.29. The highest BCUT2D eigenvalue weighted by atomic mass is 32.1. The fourth-order valence-corrected chi connectivity index (χ4v) is 2.82. The van der Waals surface area contributed by atoms with Crippen molar-refractivity contribution in [1.82, 2.24) is 0 Å². The molecular weight excluding hydrogens is 260 g/mol. The van der Waals surface area contributed by atoms with E-state index >= 15 is 0 Å². The van der Waals surface area contributed by atoms with Crippen molar-refractivity contribution < 1.29 is 9.53 Å². The van der Waals surface area contributed by atoms with Crippen LogP contribution >= 0.6 is 11.3 Å². The van der Waals surface area contributed by atoms with Crippen LogP contribution in [0.3, 0.4) is 0 Å². The summed E-state index contributed by atoms with van der Waals surface area (Å²) >= 11 is 1.59. The van der Waals surface area contributed by atoms with Crippen molar-refractivity contribution in [3.05, 3.63) is 51.7 Å². The van der Waals surface area contributed by atoms with Crippen LogP contribution in [-0.4, -0.2) is 12.5 Å². The molecule has 100 valence electrons. The molecule has 0 saturated carbocycles. The summed E-state index contributed by atoms with van der Waals surface area (Å²) in [6.45, 7) is 2.35. The van der Waals surface area contributed by atoms with E-state index in [1.165, 1.54) is 0 Å². The van der Waals surface area contributed by atoms with Crippen molar-refractivity contribution in [3.8, 4) is 5.75 Å². The number of rotatable bonds is 5. The Hall–Kier alpha value is -1.85. The van der Waals surface area contributed by atoms with Gasteiger partial charge in [0.05, 0.1) is 5.56 Å². The summed E-state index contributed by atoms with van der Waals surface area (Å²) in [6.07, 6.45) is -0.263. The van der Waals surface area contributed by atoms with E-state index in [1.54, 1.807) is 35.6 Å². The molecule has 0 saturated heterocycles. The molecule has 4 N–H and O–H groups in total. The molecule has 1 amide bonds. The molecular formula is C14H16N2O2S. The van der Waals surface area contributed by atoms with E-state index in [-0.39, 0.29) is 6.10 Å². The number of hydrogen-bond donors (Lipinski definition) is 2. The van der Waals surface area contributed by atoms with Crippen LogP contribution in [0, 0.1) is 6.92 Å². The standard InChI is InChI=1S/C14H16N2O2S/c1-9-6-7-19-13(9)12(8-15)18-11-5-3-2-4-10(11)14(16)17/h2-7,12H,8,15H2,1H3,(H2,16,17). The summed E-state index contributed by atoms with van der Waals surface area (Å²) in [5, 5.41) is 2.00. The number of carbonyl (C=O) groups is 1. The number of benzene rings is 1. The largest absolute Gasteiger partial charge is 0.483 e. The van der Waals surface area contributed by atoms with Crippen LogP contribution in [0.15, 0.2) is 35.7 Å². The van der Waals surface area contributed by atoms with Gasteiger partial charge in [-0.1, -0.05) is 12.1 Å². The molecule has 0 fully saturated rings. The molecule has 1 unspecified atom stereocenters. The Kier molecular flexibility index (Phi) is 4.19. The second-order valence-electron chi connectivity index (χ2n) is 4.17. The average molecular weight is 276 g/mol. The van der Waals surface area contributed by atoms with Crippen molar-refractivity contribution in [1.29, 1.82) is 0 Å². The predicted octanol–water partition coefficient (Wildman–Crippen LogP) is 2.23. The summed E-state index contributed by atoms with van der Waals surface area (Å²) in [5.41, 5.74) is 12.6. The van der Waals surface area contributed by atoms with Gasteiger partial charge >= 0.3 is 0 Å². The quantitative estimate of drug-likeness (QED) is 0.879. The number of ether oxygens (including phenoxy) is 1. The molecule has 1 aromatic carbocycles. The van der Waals surface area contributed by atoms with E-state index in [9.17, 15) is 4.79 Å². The van der Waals surface area contributed by atoms with Gasteiger partial charge in [0, 0.05) is 11.4 Å². The fraction of sp³-hybridized carbons (Fsp3) is 0.214. The van der Waals surface area contributed by atoms with Crippen LogP contribution in [0.2, 0.25) is 0 Å². The summed E-state index contributed by atoms with van der Waals surface area (Å²) in [7, 11) is 0. The first kappa shape index (κ1) is 13.6. The maximum Gasteiger partial charge on any atom is 0.252 e. The minimum Gasteiger partial charge on any atom is -0.483 e. The number of thiophene rings is 1. The normalized spacial score (nSPS) is 12.1. The van der Waals surface area contributed by atoms with Crippen molar-refractivity contribution >= 4 is 17.2 Å². The number of aryl methyl sites for hydroxylation is 1. The first-order valence-electron chi connectivity index (χ1n) is 5.93. The SMILES string of the molecule is Cc1ccsc1C(CN)Oc1ccccc1C(N)=O. The zero-order chi connectivity index (χ0) is 13.8. The summed E-state index contributed by atoms with van der Waals surface area (Å²) < 4.78 is 5.87. The second kappa shape index (κ2) is 5.86. The van der Waals surface area contributed by atoms with E-state index in [0.29, 0.717) is 17.9 Å². The first-order chi connectivity index (χ1) is 9.13. The number of primary amides is 1. The van der Waals surface area contributed by atoms with Crippen LogP contribution in [0.4, 0.5) is 0 Å². The maximum atomic E-state index is 11.4. The lowest BCUT2D eigenvalue weighted by Gasteiger charge is -2.18. The zero-order valence-corrected chi connectivity index (χ0v) is 11.4.